The predicted octanol–water partition coefficient (Wildman–Crippen LogP) is 10.1. The Bertz CT molecular complexity index is 2220. The maximum atomic E-state index is 9.96. The van der Waals surface area contributed by atoms with Crippen molar-refractivity contribution in [1.29, 1.82) is 5.26 Å². The van der Waals surface area contributed by atoms with Gasteiger partial charge < -0.3 is 0 Å². The molecule has 4 bridgehead atoms. The van der Waals surface area contributed by atoms with Crippen LogP contribution in [-0.2, 0) is 5.41 Å². The molecule has 1 heterocycles. The zero-order valence-corrected chi connectivity index (χ0v) is 26.7. The molecule has 1 spiro atoms. The van der Waals surface area contributed by atoms with E-state index in [1.807, 2.05) is 30.3 Å². The molecule has 11 rings (SSSR count). The molecule has 4 heteroatoms. The quantitative estimate of drug-likeness (QED) is 0.197. The molecule has 4 saturated carbocycles. The van der Waals surface area contributed by atoms with Crippen LogP contribution in [0.3, 0.4) is 0 Å². The lowest BCUT2D eigenvalue weighted by atomic mass is 9.43. The van der Waals surface area contributed by atoms with Crippen LogP contribution < -0.4 is 0 Å². The minimum absolute atomic E-state index is 0.00341. The highest BCUT2D eigenvalue weighted by Gasteiger charge is 2.61. The van der Waals surface area contributed by atoms with Crippen molar-refractivity contribution < 1.29 is 0 Å². The summed E-state index contributed by atoms with van der Waals surface area (Å²) >= 11 is 0. The molecule has 5 aromatic carbocycles. The molecule has 5 aliphatic rings. The first-order valence-corrected chi connectivity index (χ1v) is 17.3. The summed E-state index contributed by atoms with van der Waals surface area (Å²) in [5.74, 6) is 5.02. The Morgan fingerprint density at radius 2 is 1.00 bits per heavy atom. The second-order valence-corrected chi connectivity index (χ2v) is 14.4. The Hall–Kier alpha value is -5.40. The van der Waals surface area contributed by atoms with E-state index in [4.69, 9.17) is 15.0 Å². The zero-order chi connectivity index (χ0) is 31.8. The Kier molecular flexibility index (Phi) is 6.09. The number of nitrogens with zero attached hydrogens (tertiary/aromatic N) is 4. The van der Waals surface area contributed by atoms with Gasteiger partial charge in [-0.2, -0.15) is 5.26 Å². The Morgan fingerprint density at radius 1 is 0.479 bits per heavy atom. The van der Waals surface area contributed by atoms with Gasteiger partial charge >= 0.3 is 0 Å². The van der Waals surface area contributed by atoms with E-state index in [1.54, 1.807) is 0 Å². The smallest absolute Gasteiger partial charge is 0.164 e. The Balaban J connectivity index is 1.12. The van der Waals surface area contributed by atoms with Crippen LogP contribution in [0.15, 0.2) is 121 Å². The number of nitriles is 1. The standard InChI is InChI=1S/C44H34N4/c45-26-27-11-17-37-38-25-34(16-18-39(38)44(40(37)24-27)35-20-28-19-29(22-35)23-36(44)21-28)43-47-41(32-9-5-2-6-10-32)46-42(48-43)33-14-12-31(13-15-33)30-7-3-1-4-8-30/h1-18,24-25,28-29,35-36H,19-23H2. The first-order valence-electron chi connectivity index (χ1n) is 17.3. The van der Waals surface area contributed by atoms with Gasteiger partial charge in [0.1, 0.15) is 0 Å². The summed E-state index contributed by atoms with van der Waals surface area (Å²) in [5, 5.41) is 9.96. The minimum atomic E-state index is 0.00341. The molecule has 48 heavy (non-hydrogen) atoms. The van der Waals surface area contributed by atoms with Crippen LogP contribution in [0, 0.1) is 35.0 Å². The normalized spacial score (nSPS) is 24.3. The highest BCUT2D eigenvalue weighted by atomic mass is 15.0. The van der Waals surface area contributed by atoms with E-state index in [1.165, 1.54) is 59.9 Å². The molecule has 0 amide bonds. The molecular formula is C44H34N4. The molecule has 0 saturated heterocycles. The summed E-state index contributed by atoms with van der Waals surface area (Å²) in [6, 6.07) is 45.0. The topological polar surface area (TPSA) is 62.5 Å². The molecule has 0 atom stereocenters. The van der Waals surface area contributed by atoms with Gasteiger partial charge in [0.25, 0.3) is 0 Å². The summed E-state index contributed by atoms with van der Waals surface area (Å²) in [5.41, 5.74) is 11.4. The van der Waals surface area contributed by atoms with Gasteiger partial charge in [-0.15, -0.1) is 0 Å². The van der Waals surface area contributed by atoms with Crippen LogP contribution in [0.25, 0.3) is 56.4 Å². The van der Waals surface area contributed by atoms with E-state index < -0.39 is 0 Å². The van der Waals surface area contributed by atoms with Gasteiger partial charge in [-0.25, -0.2) is 15.0 Å². The third-order valence-electron chi connectivity index (χ3n) is 12.0. The zero-order valence-electron chi connectivity index (χ0n) is 26.7. The van der Waals surface area contributed by atoms with Gasteiger partial charge in [-0.3, -0.25) is 0 Å². The SMILES string of the molecule is N#Cc1ccc2c(c1)C1(c3ccc(-c4nc(-c5ccccc5)nc(-c5ccc(-c6ccccc6)cc5)n4)cc3-2)C2CC3CC(C2)CC1C3. The Labute approximate surface area is 281 Å². The van der Waals surface area contributed by atoms with Crippen LogP contribution in [0.4, 0.5) is 0 Å². The van der Waals surface area contributed by atoms with Crippen molar-refractivity contribution in [2.24, 2.45) is 23.7 Å². The maximum Gasteiger partial charge on any atom is 0.164 e. The second kappa shape index (κ2) is 10.6. The number of fused-ring (bicyclic) bond motifs is 3. The lowest BCUT2D eigenvalue weighted by Crippen LogP contribution is -2.55. The summed E-state index contributed by atoms with van der Waals surface area (Å²) in [6.45, 7) is 0. The van der Waals surface area contributed by atoms with Crippen molar-refractivity contribution in [1.82, 2.24) is 15.0 Å². The molecular weight excluding hydrogens is 585 g/mol. The lowest BCUT2D eigenvalue weighted by Gasteiger charge is -2.61. The first-order chi connectivity index (χ1) is 23.7. The molecule has 6 aromatic rings. The van der Waals surface area contributed by atoms with E-state index in [2.05, 4.69) is 97.1 Å². The summed E-state index contributed by atoms with van der Waals surface area (Å²) in [7, 11) is 0. The maximum absolute atomic E-state index is 9.96. The molecule has 1 aromatic heterocycles. The van der Waals surface area contributed by atoms with Crippen molar-refractivity contribution in [3.05, 3.63) is 138 Å². The first kappa shape index (κ1) is 27.7. The highest BCUT2D eigenvalue weighted by Crippen LogP contribution is 2.69. The second-order valence-electron chi connectivity index (χ2n) is 14.4. The van der Waals surface area contributed by atoms with Gasteiger partial charge in [0.15, 0.2) is 17.5 Å². The van der Waals surface area contributed by atoms with Crippen LogP contribution in [-0.4, -0.2) is 15.0 Å². The van der Waals surface area contributed by atoms with E-state index in [9.17, 15) is 5.26 Å². The van der Waals surface area contributed by atoms with Crippen molar-refractivity contribution in [3.8, 4) is 62.5 Å². The van der Waals surface area contributed by atoms with Crippen LogP contribution in [0.1, 0.15) is 48.8 Å². The fourth-order valence-electron chi connectivity index (χ4n) is 10.2. The molecule has 4 nitrogen and oxygen atoms in total. The largest absolute Gasteiger partial charge is 0.208 e. The van der Waals surface area contributed by atoms with Gasteiger partial charge in [0.2, 0.25) is 0 Å². The number of hydrogen-bond acceptors (Lipinski definition) is 4. The fourth-order valence-corrected chi connectivity index (χ4v) is 10.2. The van der Waals surface area contributed by atoms with Crippen LogP contribution in [0.2, 0.25) is 0 Å². The average molecular weight is 619 g/mol. The molecule has 0 aliphatic heterocycles. The number of aromatic nitrogens is 3. The van der Waals surface area contributed by atoms with Gasteiger partial charge in [0, 0.05) is 22.1 Å². The van der Waals surface area contributed by atoms with Crippen LogP contribution >= 0.6 is 0 Å². The number of benzene rings is 5. The fraction of sp³-hybridized carbons (Fsp3) is 0.227. The van der Waals surface area contributed by atoms with Crippen molar-refractivity contribution in [3.63, 3.8) is 0 Å². The third-order valence-corrected chi connectivity index (χ3v) is 12.0. The van der Waals surface area contributed by atoms with Crippen molar-refractivity contribution in [2.45, 2.75) is 37.5 Å². The van der Waals surface area contributed by atoms with E-state index in [-0.39, 0.29) is 5.41 Å². The lowest BCUT2D eigenvalue weighted by molar-refractivity contribution is -0.0399. The van der Waals surface area contributed by atoms with Gasteiger partial charge in [-0.05, 0) is 107 Å². The Morgan fingerprint density at radius 3 is 1.62 bits per heavy atom. The van der Waals surface area contributed by atoms with Gasteiger partial charge in [-0.1, -0.05) is 103 Å². The highest BCUT2D eigenvalue weighted by molar-refractivity contribution is 5.85. The molecule has 5 aliphatic carbocycles. The molecule has 0 N–H and O–H groups in total. The minimum Gasteiger partial charge on any atom is -0.208 e. The molecule has 230 valence electrons. The third kappa shape index (κ3) is 4.10. The van der Waals surface area contributed by atoms with Crippen molar-refractivity contribution in [2.75, 3.05) is 0 Å². The van der Waals surface area contributed by atoms with Gasteiger partial charge in [0.05, 0.1) is 11.6 Å². The predicted molar refractivity (Wildman–Crippen MR) is 190 cm³/mol. The van der Waals surface area contributed by atoms with E-state index in [0.717, 1.165) is 39.7 Å². The summed E-state index contributed by atoms with van der Waals surface area (Å²) in [4.78, 5) is 15.2. The summed E-state index contributed by atoms with van der Waals surface area (Å²) < 4.78 is 0. The molecule has 0 radical (unpaired) electrons. The number of rotatable bonds is 4. The van der Waals surface area contributed by atoms with Crippen LogP contribution in [0.5, 0.6) is 0 Å². The average Bonchev–Trinajstić information content (AvgIpc) is 3.43. The van der Waals surface area contributed by atoms with E-state index in [0.29, 0.717) is 29.3 Å². The summed E-state index contributed by atoms with van der Waals surface area (Å²) in [6.07, 6.45) is 6.66. The monoisotopic (exact) mass is 618 g/mol. The molecule has 0 unspecified atom stereocenters. The van der Waals surface area contributed by atoms with Crippen molar-refractivity contribution >= 4 is 0 Å². The van der Waals surface area contributed by atoms with E-state index >= 15 is 0 Å². The number of hydrogen-bond donors (Lipinski definition) is 0. The molecule has 4 fully saturated rings.